The third kappa shape index (κ3) is 2.43. The Bertz CT molecular complexity index is 763. The Kier molecular flexibility index (Phi) is 3.56. The van der Waals surface area contributed by atoms with Crippen LogP contribution in [0.2, 0.25) is 0 Å². The summed E-state index contributed by atoms with van der Waals surface area (Å²) in [7, 11) is 1.77. The molecule has 0 unspecified atom stereocenters. The maximum atomic E-state index is 12.5. The number of rotatable bonds is 3. The average molecular weight is 354 g/mol. The van der Waals surface area contributed by atoms with Crippen LogP contribution in [0, 0.1) is 5.92 Å². The number of likely N-dealkylation sites (N-methyl/N-ethyl adjacent to an activating group) is 1. The van der Waals surface area contributed by atoms with Gasteiger partial charge in [-0.25, -0.2) is 4.79 Å². The van der Waals surface area contributed by atoms with E-state index in [2.05, 4.69) is 23.5 Å². The first-order chi connectivity index (χ1) is 12.5. The van der Waals surface area contributed by atoms with Gasteiger partial charge in [-0.1, -0.05) is 18.2 Å². The lowest BCUT2D eigenvalue weighted by molar-refractivity contribution is -0.133. The van der Waals surface area contributed by atoms with Gasteiger partial charge in [-0.2, -0.15) is 0 Å². The van der Waals surface area contributed by atoms with Crippen molar-refractivity contribution < 1.29 is 14.3 Å². The second kappa shape index (κ2) is 5.73. The number of amides is 2. The van der Waals surface area contributed by atoms with Gasteiger partial charge in [-0.05, 0) is 67.6 Å². The zero-order chi connectivity index (χ0) is 17.9. The minimum Gasteiger partial charge on any atom is -0.447 e. The summed E-state index contributed by atoms with van der Waals surface area (Å²) in [5.74, 6) is 0.762. The number of benzene rings is 1. The van der Waals surface area contributed by atoms with Gasteiger partial charge in [0.25, 0.3) is 0 Å². The topological polar surface area (TPSA) is 58.6 Å². The Morgan fingerprint density at radius 2 is 2.00 bits per heavy atom. The number of carbonyl (C=O) groups is 2. The van der Waals surface area contributed by atoms with Crippen molar-refractivity contribution in [2.24, 2.45) is 5.92 Å². The lowest BCUT2D eigenvalue weighted by Gasteiger charge is -2.47. The number of aryl methyl sites for hydroxylation is 2. The van der Waals surface area contributed by atoms with E-state index in [0.29, 0.717) is 18.6 Å². The SMILES string of the molecule is CN1C(=O)OCC12CC(C(=O)NC1CC(c3ccc4c(c3)CCC4)C1)C2. The Morgan fingerprint density at radius 1 is 1.23 bits per heavy atom. The van der Waals surface area contributed by atoms with Crippen LogP contribution in [0.3, 0.4) is 0 Å². The van der Waals surface area contributed by atoms with Crippen molar-refractivity contribution in [2.75, 3.05) is 13.7 Å². The quantitative estimate of drug-likeness (QED) is 0.908. The van der Waals surface area contributed by atoms with Gasteiger partial charge in [0, 0.05) is 19.0 Å². The third-order valence-electron chi connectivity index (χ3n) is 7.15. The molecular weight excluding hydrogens is 328 g/mol. The van der Waals surface area contributed by atoms with Crippen LogP contribution in [-0.4, -0.2) is 42.1 Å². The normalized spacial score (nSPS) is 34.9. The van der Waals surface area contributed by atoms with Gasteiger partial charge in [-0.15, -0.1) is 0 Å². The number of fused-ring (bicyclic) bond motifs is 1. The van der Waals surface area contributed by atoms with Crippen molar-refractivity contribution in [1.29, 1.82) is 0 Å². The zero-order valence-corrected chi connectivity index (χ0v) is 15.3. The minimum atomic E-state index is -0.264. The molecule has 5 rings (SSSR count). The smallest absolute Gasteiger partial charge is 0.410 e. The highest BCUT2D eigenvalue weighted by Gasteiger charge is 2.56. The van der Waals surface area contributed by atoms with E-state index in [1.807, 2.05) is 0 Å². The highest BCUT2D eigenvalue weighted by Crippen LogP contribution is 2.46. The van der Waals surface area contributed by atoms with Crippen molar-refractivity contribution in [3.63, 3.8) is 0 Å². The van der Waals surface area contributed by atoms with Gasteiger partial charge in [-0.3, -0.25) is 4.79 Å². The van der Waals surface area contributed by atoms with E-state index in [-0.39, 0.29) is 23.5 Å². The van der Waals surface area contributed by atoms with E-state index >= 15 is 0 Å². The Morgan fingerprint density at radius 3 is 2.73 bits per heavy atom. The first-order valence-corrected chi connectivity index (χ1v) is 9.87. The summed E-state index contributed by atoms with van der Waals surface area (Å²) in [4.78, 5) is 25.7. The molecule has 2 saturated carbocycles. The second-order valence-electron chi connectivity index (χ2n) is 8.70. The van der Waals surface area contributed by atoms with Crippen LogP contribution in [0.15, 0.2) is 18.2 Å². The van der Waals surface area contributed by atoms with Crippen LogP contribution in [0.4, 0.5) is 4.79 Å². The molecule has 26 heavy (non-hydrogen) atoms. The largest absolute Gasteiger partial charge is 0.447 e. The summed E-state index contributed by atoms with van der Waals surface area (Å²) in [6, 6.07) is 7.29. The summed E-state index contributed by atoms with van der Waals surface area (Å²) in [5, 5.41) is 3.22. The van der Waals surface area contributed by atoms with Crippen LogP contribution in [0.25, 0.3) is 0 Å². The number of nitrogens with zero attached hydrogens (tertiary/aromatic N) is 1. The molecule has 1 heterocycles. The number of hydrogen-bond acceptors (Lipinski definition) is 3. The van der Waals surface area contributed by atoms with Crippen LogP contribution in [-0.2, 0) is 22.4 Å². The zero-order valence-electron chi connectivity index (χ0n) is 15.3. The van der Waals surface area contributed by atoms with Gasteiger partial charge < -0.3 is 15.0 Å². The molecule has 0 atom stereocenters. The van der Waals surface area contributed by atoms with Crippen molar-refractivity contribution >= 4 is 12.0 Å². The highest BCUT2D eigenvalue weighted by molar-refractivity contribution is 5.81. The van der Waals surface area contributed by atoms with Gasteiger partial charge >= 0.3 is 6.09 Å². The van der Waals surface area contributed by atoms with Crippen molar-refractivity contribution in [3.05, 3.63) is 34.9 Å². The molecule has 0 radical (unpaired) electrons. The maximum Gasteiger partial charge on any atom is 0.410 e. The van der Waals surface area contributed by atoms with E-state index in [4.69, 9.17) is 4.74 Å². The molecule has 1 aliphatic heterocycles. The first kappa shape index (κ1) is 16.2. The van der Waals surface area contributed by atoms with Crippen LogP contribution in [0.1, 0.15) is 54.7 Å². The van der Waals surface area contributed by atoms with Gasteiger partial charge in [0.05, 0.1) is 5.54 Å². The molecule has 3 aliphatic carbocycles. The third-order valence-corrected chi connectivity index (χ3v) is 7.15. The molecule has 0 bridgehead atoms. The molecule has 5 nitrogen and oxygen atoms in total. The predicted molar refractivity (Wildman–Crippen MR) is 96.9 cm³/mol. The molecule has 1 aromatic carbocycles. The summed E-state index contributed by atoms with van der Waals surface area (Å²) in [6.45, 7) is 0.427. The number of cyclic esters (lactones) is 1. The molecule has 1 aromatic rings. The predicted octanol–water partition coefficient (Wildman–Crippen LogP) is 2.77. The summed E-state index contributed by atoms with van der Waals surface area (Å²) >= 11 is 0. The Balaban J connectivity index is 1.12. The lowest BCUT2D eigenvalue weighted by atomic mass is 9.67. The molecule has 1 spiro atoms. The molecule has 138 valence electrons. The first-order valence-electron chi connectivity index (χ1n) is 9.87. The van der Waals surface area contributed by atoms with E-state index in [0.717, 1.165) is 25.7 Å². The summed E-state index contributed by atoms with van der Waals surface area (Å²) in [5.41, 5.74) is 4.27. The molecule has 3 fully saturated rings. The molecule has 5 heteroatoms. The maximum absolute atomic E-state index is 12.5. The van der Waals surface area contributed by atoms with E-state index in [1.165, 1.54) is 36.0 Å². The Hall–Kier alpha value is -2.04. The van der Waals surface area contributed by atoms with Crippen LogP contribution in [0.5, 0.6) is 0 Å². The van der Waals surface area contributed by atoms with E-state index in [1.54, 1.807) is 11.9 Å². The van der Waals surface area contributed by atoms with Crippen LogP contribution >= 0.6 is 0 Å². The number of nitrogens with one attached hydrogen (secondary N) is 1. The fourth-order valence-corrected chi connectivity index (χ4v) is 5.19. The molecular formula is C21H26N2O3. The van der Waals surface area contributed by atoms with Crippen LogP contribution < -0.4 is 5.32 Å². The second-order valence-corrected chi connectivity index (χ2v) is 8.70. The molecule has 0 aromatic heterocycles. The Labute approximate surface area is 154 Å². The van der Waals surface area contributed by atoms with E-state index < -0.39 is 0 Å². The molecule has 1 N–H and O–H groups in total. The average Bonchev–Trinajstić information content (AvgIpc) is 3.14. The number of ether oxygens (including phenoxy) is 1. The molecule has 1 saturated heterocycles. The fourth-order valence-electron chi connectivity index (χ4n) is 5.19. The summed E-state index contributed by atoms with van der Waals surface area (Å²) in [6.07, 6.45) is 7.02. The monoisotopic (exact) mass is 354 g/mol. The lowest BCUT2D eigenvalue weighted by Crippen LogP contribution is -2.59. The number of carbonyl (C=O) groups excluding carboxylic acids is 2. The molecule has 4 aliphatic rings. The fraction of sp³-hybridized carbons (Fsp3) is 0.619. The standard InChI is InChI=1S/C21H26N2O3/c1-23-20(25)26-12-21(23)10-17(11-21)19(24)22-18-8-16(9-18)15-6-5-13-3-2-4-14(13)7-15/h5-7,16-18H,2-4,8-12H2,1H3,(H,22,24). The van der Waals surface area contributed by atoms with Crippen molar-refractivity contribution in [1.82, 2.24) is 10.2 Å². The minimum absolute atomic E-state index is 0.0194. The summed E-state index contributed by atoms with van der Waals surface area (Å²) < 4.78 is 5.11. The van der Waals surface area contributed by atoms with Gasteiger partial charge in [0.15, 0.2) is 0 Å². The van der Waals surface area contributed by atoms with Gasteiger partial charge in [0.2, 0.25) is 5.91 Å². The molecule has 2 amide bonds. The van der Waals surface area contributed by atoms with E-state index in [9.17, 15) is 9.59 Å². The van der Waals surface area contributed by atoms with Gasteiger partial charge in [0.1, 0.15) is 6.61 Å². The van der Waals surface area contributed by atoms with Crippen molar-refractivity contribution in [2.45, 2.75) is 62.4 Å². The van der Waals surface area contributed by atoms with Crippen molar-refractivity contribution in [3.8, 4) is 0 Å². The number of hydrogen-bond donors (Lipinski definition) is 1. The highest BCUT2D eigenvalue weighted by atomic mass is 16.6.